The molecule has 6 nitrogen and oxygen atoms in total. The van der Waals surface area contributed by atoms with E-state index in [4.69, 9.17) is 0 Å². The lowest BCUT2D eigenvalue weighted by molar-refractivity contribution is 0.0674. The summed E-state index contributed by atoms with van der Waals surface area (Å²) < 4.78 is 4.01. The smallest absolute Gasteiger partial charge is 0.255 e. The van der Waals surface area contributed by atoms with Gasteiger partial charge in [0.05, 0.1) is 11.6 Å². The Balaban J connectivity index is 1.71. The number of amides is 1. The highest BCUT2D eigenvalue weighted by atomic mass is 16.2. The van der Waals surface area contributed by atoms with Crippen LogP contribution < -0.4 is 0 Å². The summed E-state index contributed by atoms with van der Waals surface area (Å²) >= 11 is 0. The molecule has 1 unspecified atom stereocenters. The van der Waals surface area contributed by atoms with Crippen molar-refractivity contribution in [3.05, 3.63) is 53.7 Å². The van der Waals surface area contributed by atoms with E-state index in [-0.39, 0.29) is 11.9 Å². The number of aromatic nitrogens is 4. The number of nitrogens with zero attached hydrogens (tertiary/aromatic N) is 5. The van der Waals surface area contributed by atoms with Gasteiger partial charge in [-0.1, -0.05) is 12.8 Å². The zero-order valence-electron chi connectivity index (χ0n) is 14.7. The van der Waals surface area contributed by atoms with Gasteiger partial charge >= 0.3 is 0 Å². The van der Waals surface area contributed by atoms with E-state index in [1.807, 2.05) is 34.6 Å². The average Bonchev–Trinajstić information content (AvgIpc) is 3.12. The number of rotatable bonds is 2. The summed E-state index contributed by atoms with van der Waals surface area (Å²) in [6, 6.07) is 8.04. The van der Waals surface area contributed by atoms with Crippen molar-refractivity contribution in [2.24, 2.45) is 7.05 Å². The minimum Gasteiger partial charge on any atom is -0.353 e. The standard InChI is InChI=1S/C19H23N5O/c1-14-20-21-18-10-9-15(13-24(14)18)19(25)23-12-5-3-4-7-17(23)16-8-6-11-22(16)2/h6,8-11,13,17H,3-5,7,12H2,1-2H3. The Morgan fingerprint density at radius 3 is 2.84 bits per heavy atom. The maximum Gasteiger partial charge on any atom is 0.255 e. The van der Waals surface area contributed by atoms with Gasteiger partial charge in [0.2, 0.25) is 0 Å². The van der Waals surface area contributed by atoms with E-state index >= 15 is 0 Å². The third-order valence-corrected chi connectivity index (χ3v) is 5.16. The topological polar surface area (TPSA) is 55.4 Å². The molecule has 1 amide bonds. The number of fused-ring (bicyclic) bond motifs is 1. The van der Waals surface area contributed by atoms with Crippen LogP contribution in [-0.4, -0.2) is 36.5 Å². The van der Waals surface area contributed by atoms with Gasteiger partial charge in [-0.3, -0.25) is 9.20 Å². The first-order chi connectivity index (χ1) is 12.1. The summed E-state index contributed by atoms with van der Waals surface area (Å²) in [5, 5.41) is 8.17. The second-order valence-corrected chi connectivity index (χ2v) is 6.80. The van der Waals surface area contributed by atoms with Crippen LogP contribution >= 0.6 is 0 Å². The molecule has 0 aliphatic carbocycles. The molecule has 3 aromatic rings. The molecular formula is C19H23N5O. The van der Waals surface area contributed by atoms with Gasteiger partial charge in [0, 0.05) is 31.7 Å². The van der Waals surface area contributed by atoms with Gasteiger partial charge in [-0.15, -0.1) is 10.2 Å². The van der Waals surface area contributed by atoms with E-state index in [0.717, 1.165) is 37.3 Å². The predicted octanol–water partition coefficient (Wildman–Crippen LogP) is 3.13. The van der Waals surface area contributed by atoms with Crippen LogP contribution in [0.3, 0.4) is 0 Å². The Morgan fingerprint density at radius 2 is 2.04 bits per heavy atom. The monoisotopic (exact) mass is 337 g/mol. The van der Waals surface area contributed by atoms with Crippen molar-refractivity contribution in [2.75, 3.05) is 6.54 Å². The van der Waals surface area contributed by atoms with Crippen LogP contribution in [0.1, 0.15) is 53.6 Å². The summed E-state index contributed by atoms with van der Waals surface area (Å²) in [6.07, 6.45) is 8.31. The van der Waals surface area contributed by atoms with Gasteiger partial charge in [-0.05, 0) is 44.0 Å². The van der Waals surface area contributed by atoms with Crippen molar-refractivity contribution in [3.63, 3.8) is 0 Å². The highest BCUT2D eigenvalue weighted by molar-refractivity contribution is 5.94. The van der Waals surface area contributed by atoms with Gasteiger partial charge in [-0.2, -0.15) is 0 Å². The first-order valence-corrected chi connectivity index (χ1v) is 8.89. The number of hydrogen-bond acceptors (Lipinski definition) is 3. The van der Waals surface area contributed by atoms with Crippen molar-refractivity contribution in [2.45, 2.75) is 38.6 Å². The van der Waals surface area contributed by atoms with E-state index < -0.39 is 0 Å². The summed E-state index contributed by atoms with van der Waals surface area (Å²) in [7, 11) is 2.05. The molecule has 0 radical (unpaired) electrons. The molecule has 0 aromatic carbocycles. The molecular weight excluding hydrogens is 314 g/mol. The van der Waals surface area contributed by atoms with Gasteiger partial charge in [0.1, 0.15) is 5.82 Å². The van der Waals surface area contributed by atoms with Gasteiger partial charge < -0.3 is 9.47 Å². The van der Waals surface area contributed by atoms with Crippen LogP contribution in [0.25, 0.3) is 5.65 Å². The Morgan fingerprint density at radius 1 is 1.16 bits per heavy atom. The van der Waals surface area contributed by atoms with E-state index in [1.165, 1.54) is 12.1 Å². The molecule has 1 aliphatic rings. The Bertz CT molecular complexity index is 910. The normalized spacial score (nSPS) is 18.5. The van der Waals surface area contributed by atoms with Crippen LogP contribution in [0, 0.1) is 6.92 Å². The lowest BCUT2D eigenvalue weighted by Gasteiger charge is -2.30. The molecule has 3 aromatic heterocycles. The summed E-state index contributed by atoms with van der Waals surface area (Å²) in [4.78, 5) is 15.4. The van der Waals surface area contributed by atoms with E-state index in [1.54, 1.807) is 0 Å². The zero-order chi connectivity index (χ0) is 17.4. The van der Waals surface area contributed by atoms with E-state index in [2.05, 4.69) is 40.1 Å². The zero-order valence-corrected chi connectivity index (χ0v) is 14.7. The van der Waals surface area contributed by atoms with E-state index in [0.29, 0.717) is 5.56 Å². The molecule has 4 rings (SSSR count). The Hall–Kier alpha value is -2.63. The minimum absolute atomic E-state index is 0.0862. The first kappa shape index (κ1) is 15.9. The number of carbonyl (C=O) groups is 1. The van der Waals surface area contributed by atoms with Crippen molar-refractivity contribution in [1.82, 2.24) is 24.1 Å². The molecule has 0 N–H and O–H groups in total. The van der Waals surface area contributed by atoms with Gasteiger partial charge in [-0.25, -0.2) is 0 Å². The van der Waals surface area contributed by atoms with Crippen LogP contribution in [0.15, 0.2) is 36.7 Å². The van der Waals surface area contributed by atoms with Gasteiger partial charge in [0.25, 0.3) is 5.91 Å². The van der Waals surface area contributed by atoms with Crippen LogP contribution in [-0.2, 0) is 7.05 Å². The van der Waals surface area contributed by atoms with Gasteiger partial charge in [0.15, 0.2) is 5.65 Å². The Labute approximate surface area is 147 Å². The molecule has 4 heterocycles. The second-order valence-electron chi connectivity index (χ2n) is 6.80. The fourth-order valence-corrected chi connectivity index (χ4v) is 3.78. The highest BCUT2D eigenvalue weighted by Gasteiger charge is 2.29. The molecule has 1 atom stereocenters. The number of likely N-dealkylation sites (tertiary alicyclic amines) is 1. The first-order valence-electron chi connectivity index (χ1n) is 8.89. The van der Waals surface area contributed by atoms with E-state index in [9.17, 15) is 4.79 Å². The largest absolute Gasteiger partial charge is 0.353 e. The molecule has 1 fully saturated rings. The molecule has 0 saturated carbocycles. The number of pyridine rings is 1. The van der Waals surface area contributed by atoms with Crippen LogP contribution in [0.5, 0.6) is 0 Å². The maximum absolute atomic E-state index is 13.3. The van der Waals surface area contributed by atoms with Crippen LogP contribution in [0.2, 0.25) is 0 Å². The lowest BCUT2D eigenvalue weighted by atomic mass is 10.1. The van der Waals surface area contributed by atoms with Crippen molar-refractivity contribution in [3.8, 4) is 0 Å². The maximum atomic E-state index is 13.3. The number of aryl methyl sites for hydroxylation is 2. The van der Waals surface area contributed by atoms with Crippen molar-refractivity contribution in [1.29, 1.82) is 0 Å². The number of carbonyl (C=O) groups excluding carboxylic acids is 1. The predicted molar refractivity (Wildman–Crippen MR) is 95.4 cm³/mol. The van der Waals surface area contributed by atoms with Crippen molar-refractivity contribution < 1.29 is 4.79 Å². The SMILES string of the molecule is Cc1nnc2ccc(C(=O)N3CCCCCC3c3cccn3C)cn12. The number of hydrogen-bond donors (Lipinski definition) is 0. The minimum atomic E-state index is 0.0862. The highest BCUT2D eigenvalue weighted by Crippen LogP contribution is 2.31. The molecule has 1 aliphatic heterocycles. The second kappa shape index (κ2) is 6.35. The Kier molecular flexibility index (Phi) is 4.03. The molecule has 6 heteroatoms. The van der Waals surface area contributed by atoms with Crippen molar-refractivity contribution >= 4 is 11.6 Å². The molecule has 0 bridgehead atoms. The molecule has 130 valence electrons. The molecule has 1 saturated heterocycles. The summed E-state index contributed by atoms with van der Waals surface area (Å²) in [6.45, 7) is 2.70. The lowest BCUT2D eigenvalue weighted by Crippen LogP contribution is -2.35. The summed E-state index contributed by atoms with van der Waals surface area (Å²) in [5.41, 5.74) is 2.66. The average molecular weight is 337 g/mol. The third-order valence-electron chi connectivity index (χ3n) is 5.16. The quantitative estimate of drug-likeness (QED) is 0.722. The molecule has 0 spiro atoms. The summed E-state index contributed by atoms with van der Waals surface area (Å²) in [5.74, 6) is 0.877. The third kappa shape index (κ3) is 2.81. The van der Waals surface area contributed by atoms with Crippen LogP contribution in [0.4, 0.5) is 0 Å². The fourth-order valence-electron chi connectivity index (χ4n) is 3.78. The molecule has 25 heavy (non-hydrogen) atoms. The fraction of sp³-hybridized carbons (Fsp3) is 0.421.